The summed E-state index contributed by atoms with van der Waals surface area (Å²) >= 11 is 0. The highest BCUT2D eigenvalue weighted by Gasteiger charge is 2.46. The fourth-order valence-electron chi connectivity index (χ4n) is 4.06. The van der Waals surface area contributed by atoms with Crippen molar-refractivity contribution in [3.8, 4) is 0 Å². The quantitative estimate of drug-likeness (QED) is 0.576. The summed E-state index contributed by atoms with van der Waals surface area (Å²) in [5.41, 5.74) is -2.88. The molecule has 0 saturated heterocycles. The molecule has 1 aromatic rings. The lowest BCUT2D eigenvalue weighted by Crippen LogP contribution is -2.58. The third kappa shape index (κ3) is 5.63. The smallest absolute Gasteiger partial charge is 0.365 e. The van der Waals surface area contributed by atoms with Gasteiger partial charge in [0.25, 0.3) is 0 Å². The molecule has 4 N–H and O–H groups in total. The van der Waals surface area contributed by atoms with Crippen molar-refractivity contribution in [2.45, 2.75) is 53.7 Å². The Labute approximate surface area is 186 Å². The van der Waals surface area contributed by atoms with Gasteiger partial charge < -0.3 is 10.2 Å². The minimum absolute atomic E-state index is 0. The summed E-state index contributed by atoms with van der Waals surface area (Å²) in [6.45, 7) is 0.894. The van der Waals surface area contributed by atoms with E-state index in [-0.39, 0.29) is 18.1 Å². The molecule has 8 nitrogen and oxygen atoms in total. The summed E-state index contributed by atoms with van der Waals surface area (Å²) in [5.74, 6) is 0.390. The van der Waals surface area contributed by atoms with Gasteiger partial charge in [-0.1, -0.05) is 0 Å². The van der Waals surface area contributed by atoms with E-state index < -0.39 is 47.2 Å². The second kappa shape index (κ2) is 8.67. The van der Waals surface area contributed by atoms with Crippen molar-refractivity contribution in [1.29, 1.82) is 0 Å². The van der Waals surface area contributed by atoms with E-state index in [4.69, 9.17) is 5.14 Å². The van der Waals surface area contributed by atoms with Crippen molar-refractivity contribution in [2.75, 3.05) is 26.0 Å². The lowest BCUT2D eigenvalue weighted by atomic mass is 9.80. The molecule has 0 amide bonds. The second-order valence-corrected chi connectivity index (χ2v) is 11.4. The number of nitrogens with zero attached hydrogens (tertiary/aromatic N) is 1. The monoisotopic (exact) mass is 506 g/mol. The van der Waals surface area contributed by atoms with Crippen LogP contribution in [-0.4, -0.2) is 48.0 Å². The number of anilines is 1. The fraction of sp³-hybridized carbons (Fsp3) is 0.647. The molecule has 14 heteroatoms. The maximum absolute atomic E-state index is 13.5. The van der Waals surface area contributed by atoms with E-state index in [0.29, 0.717) is 43.7 Å². The number of halogens is 4. The van der Waals surface area contributed by atoms with Gasteiger partial charge in [0.2, 0.25) is 20.0 Å². The minimum Gasteiger partial charge on any atom is -0.365 e. The van der Waals surface area contributed by atoms with Gasteiger partial charge in [0, 0.05) is 0 Å². The summed E-state index contributed by atoms with van der Waals surface area (Å²) in [5, 5.41) is 7.82. The molecule has 1 spiro atoms. The molecule has 1 aliphatic carbocycles. The highest BCUT2D eigenvalue weighted by Crippen LogP contribution is 2.44. The van der Waals surface area contributed by atoms with Gasteiger partial charge in [-0.3, -0.25) is 0 Å². The van der Waals surface area contributed by atoms with Crippen molar-refractivity contribution in [3.63, 3.8) is 0 Å². The van der Waals surface area contributed by atoms with Crippen molar-refractivity contribution in [1.82, 2.24) is 9.62 Å². The van der Waals surface area contributed by atoms with Gasteiger partial charge in [0.15, 0.2) is 0 Å². The molecule has 1 aliphatic heterocycles. The van der Waals surface area contributed by atoms with Crippen LogP contribution in [0.5, 0.6) is 0 Å². The summed E-state index contributed by atoms with van der Waals surface area (Å²) in [7, 11) is -5.12. The molecule has 31 heavy (non-hydrogen) atoms. The molecular formula is C17H26ClF3N4O4S2. The number of hydrogen-bond donors (Lipinski definition) is 3. The second-order valence-electron chi connectivity index (χ2n) is 8.24. The van der Waals surface area contributed by atoms with Crippen molar-refractivity contribution < 1.29 is 30.0 Å². The number of hydrogen-bond acceptors (Lipinski definition) is 6. The number of benzene rings is 1. The highest BCUT2D eigenvalue weighted by molar-refractivity contribution is 7.90. The van der Waals surface area contributed by atoms with Gasteiger partial charge in [0.05, 0.1) is 16.1 Å². The number of alkyl halides is 3. The van der Waals surface area contributed by atoms with Crippen LogP contribution in [0.2, 0.25) is 0 Å². The number of rotatable bonds is 4. The molecule has 0 unspecified atom stereocenters. The fourth-order valence-corrected chi connectivity index (χ4v) is 6.45. The average molecular weight is 507 g/mol. The van der Waals surface area contributed by atoms with Crippen LogP contribution in [-0.2, 0) is 26.2 Å². The van der Waals surface area contributed by atoms with E-state index in [2.05, 4.69) is 14.9 Å². The van der Waals surface area contributed by atoms with Gasteiger partial charge in [-0.05, 0) is 70.8 Å². The lowest BCUT2D eigenvalue weighted by molar-refractivity contribution is -0.139. The summed E-state index contributed by atoms with van der Waals surface area (Å²) in [6, 6.07) is 0.992. The largest absolute Gasteiger partial charge is 0.417 e. The van der Waals surface area contributed by atoms with Crippen molar-refractivity contribution in [3.05, 3.63) is 17.7 Å². The van der Waals surface area contributed by atoms with Crippen LogP contribution in [0.1, 0.15) is 37.7 Å². The van der Waals surface area contributed by atoms with Crippen LogP contribution in [0.3, 0.4) is 0 Å². The van der Waals surface area contributed by atoms with Crippen LogP contribution < -0.4 is 15.2 Å². The standard InChI is InChI=1S/C17H25F3N4O4S2.ClH/c1-24(2)8-5-11-3-6-16(7-4-11)22-13-9-12(17(18,19)20)14(29(21,25)26)10-15(13)30(27,28)23-16;/h9-11,22-23H,3-8H2,1-2H3,(H2,21,25,26);1H. The first-order chi connectivity index (χ1) is 13.6. The van der Waals surface area contributed by atoms with E-state index in [1.165, 1.54) is 0 Å². The number of nitrogens with one attached hydrogen (secondary N) is 2. The molecule has 0 bridgehead atoms. The third-order valence-electron chi connectivity index (χ3n) is 5.63. The molecule has 0 radical (unpaired) electrons. The van der Waals surface area contributed by atoms with Crippen LogP contribution in [0.4, 0.5) is 18.9 Å². The van der Waals surface area contributed by atoms with Gasteiger partial charge in [0.1, 0.15) is 10.6 Å². The first-order valence-corrected chi connectivity index (χ1v) is 12.4. The maximum Gasteiger partial charge on any atom is 0.417 e. The van der Waals surface area contributed by atoms with E-state index in [9.17, 15) is 30.0 Å². The molecule has 2 aliphatic rings. The zero-order valence-electron chi connectivity index (χ0n) is 17.0. The van der Waals surface area contributed by atoms with Crippen LogP contribution >= 0.6 is 12.4 Å². The Morgan fingerprint density at radius 1 is 1.23 bits per heavy atom. The average Bonchev–Trinajstić information content (AvgIpc) is 2.58. The Balaban J connectivity index is 0.00000341. The van der Waals surface area contributed by atoms with Gasteiger partial charge in [-0.2, -0.15) is 17.9 Å². The van der Waals surface area contributed by atoms with Crippen LogP contribution in [0.25, 0.3) is 0 Å². The van der Waals surface area contributed by atoms with Gasteiger partial charge >= 0.3 is 6.18 Å². The number of fused-ring (bicyclic) bond motifs is 1. The topological polar surface area (TPSA) is 122 Å². The Morgan fingerprint density at radius 3 is 2.29 bits per heavy atom. The molecule has 1 aromatic carbocycles. The zero-order valence-corrected chi connectivity index (χ0v) is 19.4. The van der Waals surface area contributed by atoms with Crippen molar-refractivity contribution >= 4 is 38.1 Å². The molecule has 178 valence electrons. The highest BCUT2D eigenvalue weighted by atomic mass is 35.5. The summed E-state index contributed by atoms with van der Waals surface area (Å²) in [4.78, 5) is 0.216. The Hall–Kier alpha value is -1.12. The van der Waals surface area contributed by atoms with Crippen LogP contribution in [0.15, 0.2) is 21.9 Å². The van der Waals surface area contributed by atoms with Gasteiger partial charge in [-0.25, -0.2) is 22.0 Å². The van der Waals surface area contributed by atoms with E-state index in [0.717, 1.165) is 13.0 Å². The molecule has 1 heterocycles. The van der Waals surface area contributed by atoms with Crippen LogP contribution in [0, 0.1) is 5.92 Å². The van der Waals surface area contributed by atoms with Gasteiger partial charge in [-0.15, -0.1) is 12.4 Å². The maximum atomic E-state index is 13.5. The number of primary sulfonamides is 1. The molecule has 1 saturated carbocycles. The van der Waals surface area contributed by atoms with Crippen molar-refractivity contribution in [2.24, 2.45) is 11.1 Å². The Kier molecular flexibility index (Phi) is 7.31. The molecule has 0 aromatic heterocycles. The first kappa shape index (κ1) is 26.1. The predicted molar refractivity (Wildman–Crippen MR) is 112 cm³/mol. The summed E-state index contributed by atoms with van der Waals surface area (Å²) < 4.78 is 91.9. The lowest BCUT2D eigenvalue weighted by Gasteiger charge is -2.45. The zero-order chi connectivity index (χ0) is 22.5. The molecule has 1 fully saturated rings. The third-order valence-corrected chi connectivity index (χ3v) is 8.16. The Morgan fingerprint density at radius 2 is 1.81 bits per heavy atom. The first-order valence-electron chi connectivity index (χ1n) is 9.38. The minimum atomic E-state index is -5.02. The number of nitrogens with two attached hydrogens (primary N) is 1. The SMILES string of the molecule is CN(C)CCC1CCC2(CC1)Nc1cc(C(F)(F)F)c(S(N)(=O)=O)cc1S(=O)(=O)N2.Cl. The van der Waals surface area contributed by atoms with E-state index >= 15 is 0 Å². The Bertz CT molecular complexity index is 1040. The molecule has 0 atom stereocenters. The van der Waals surface area contributed by atoms with E-state index in [1.807, 2.05) is 14.1 Å². The normalized spacial score (nSPS) is 25.6. The molecular weight excluding hydrogens is 481 g/mol. The molecule has 3 rings (SSSR count). The van der Waals surface area contributed by atoms with E-state index in [1.54, 1.807) is 0 Å². The predicted octanol–water partition coefficient (Wildman–Crippen LogP) is 2.32. The number of sulfonamides is 2. The summed E-state index contributed by atoms with van der Waals surface area (Å²) in [6.07, 6.45) is -1.85.